The molecular weight excluding hydrogens is 526 g/mol. The lowest BCUT2D eigenvalue weighted by molar-refractivity contribution is 0.0907. The third kappa shape index (κ3) is 6.66. The number of fused-ring (bicyclic) bond motifs is 1. The minimum Gasteiger partial charge on any atom is -0.398 e. The van der Waals surface area contributed by atoms with Gasteiger partial charge in [-0.3, -0.25) is 4.79 Å². The van der Waals surface area contributed by atoms with Gasteiger partial charge >= 0.3 is 11.8 Å². The molecule has 4 N–H and O–H groups in total. The predicted molar refractivity (Wildman–Crippen MR) is 161 cm³/mol. The Hall–Kier alpha value is -4.24. The summed E-state index contributed by atoms with van der Waals surface area (Å²) >= 11 is 6.59. The third-order valence-corrected chi connectivity index (χ3v) is 6.05. The molecule has 0 aliphatic carbocycles. The molecule has 5 aromatic rings. The van der Waals surface area contributed by atoms with Gasteiger partial charge in [-0.15, -0.1) is 0 Å². The molecule has 0 radical (unpaired) electrons. The second-order valence-corrected chi connectivity index (χ2v) is 9.80. The predicted octanol–water partition coefficient (Wildman–Crippen LogP) is 7.19. The molecule has 2 aromatic carbocycles. The number of nitrogens with two attached hydrogens (primary N) is 1. The zero-order valence-electron chi connectivity index (χ0n) is 24.0. The number of carbonyl (C=O) groups is 1. The fraction of sp³-hybridized carbons (Fsp3) is 0.300. The number of aromatic nitrogens is 5. The lowest BCUT2D eigenvalue weighted by Crippen LogP contribution is -2.23. The number of H-pyrrole nitrogens is 1. The van der Waals surface area contributed by atoms with Gasteiger partial charge in [-0.25, -0.2) is 9.97 Å². The summed E-state index contributed by atoms with van der Waals surface area (Å²) in [5, 5.41) is 7.17. The Bertz CT molecular complexity index is 1580. The lowest BCUT2D eigenvalue weighted by atomic mass is 9.96. The first-order valence-corrected chi connectivity index (χ1v) is 13.7. The number of imidazole rings is 1. The maximum atomic E-state index is 12.5. The third-order valence-electron chi connectivity index (χ3n) is 5.70. The highest BCUT2D eigenvalue weighted by atomic mass is 35.5. The zero-order valence-corrected chi connectivity index (χ0v) is 24.7. The van der Waals surface area contributed by atoms with E-state index in [1.165, 1.54) is 0 Å². The normalized spacial score (nSPS) is 10.8. The second-order valence-electron chi connectivity index (χ2n) is 9.39. The largest absolute Gasteiger partial charge is 0.398 e. The zero-order chi connectivity index (χ0) is 29.4. The summed E-state index contributed by atoms with van der Waals surface area (Å²) in [6, 6.07) is 15.1. The molecule has 0 spiro atoms. The van der Waals surface area contributed by atoms with E-state index in [1.54, 1.807) is 6.20 Å². The Kier molecular flexibility index (Phi) is 10.0. The standard InChI is InChI=1S/C26H24ClN7O2.2C2H6/c1-26(2,3)25-33-24(36-34-25)23(35)30-13-15-9-8-14(12-18(15)27)16-10-11-29-22-20(16)31-21(32-22)17-6-4-5-7-19(17)28;2*1-2/h4-12H,13,28H2,1-3H3,(H,30,35)(H,29,31,32);2*1-2H3. The van der Waals surface area contributed by atoms with E-state index in [0.29, 0.717) is 28.0 Å². The average molecular weight is 562 g/mol. The molecule has 0 fully saturated rings. The first-order valence-electron chi connectivity index (χ1n) is 13.3. The van der Waals surface area contributed by atoms with Crippen molar-refractivity contribution in [2.45, 2.75) is 60.4 Å². The maximum absolute atomic E-state index is 12.5. The molecule has 0 saturated heterocycles. The molecule has 210 valence electrons. The highest BCUT2D eigenvalue weighted by molar-refractivity contribution is 6.31. The number of nitrogens with one attached hydrogen (secondary N) is 2. The summed E-state index contributed by atoms with van der Waals surface area (Å²) in [6.45, 7) is 14.0. The van der Waals surface area contributed by atoms with E-state index in [9.17, 15) is 4.79 Å². The van der Waals surface area contributed by atoms with Crippen molar-refractivity contribution in [3.63, 3.8) is 0 Å². The van der Waals surface area contributed by atoms with Crippen LogP contribution in [0.3, 0.4) is 0 Å². The van der Waals surface area contributed by atoms with Crippen molar-refractivity contribution in [1.82, 2.24) is 30.4 Å². The van der Waals surface area contributed by atoms with E-state index in [4.69, 9.17) is 21.9 Å². The number of amides is 1. The number of rotatable bonds is 5. The van der Waals surface area contributed by atoms with E-state index >= 15 is 0 Å². The van der Waals surface area contributed by atoms with Crippen LogP contribution in [0.2, 0.25) is 5.02 Å². The number of halogens is 1. The number of carbonyl (C=O) groups excluding carboxylic acids is 1. The van der Waals surface area contributed by atoms with Gasteiger partial charge in [-0.1, -0.05) is 89.5 Å². The van der Waals surface area contributed by atoms with Crippen molar-refractivity contribution in [3.8, 4) is 22.5 Å². The Balaban J connectivity index is 0.00000106. The summed E-state index contributed by atoms with van der Waals surface area (Å²) in [5.74, 6) is 0.569. The van der Waals surface area contributed by atoms with Crippen LogP contribution >= 0.6 is 11.6 Å². The SMILES string of the molecule is CC.CC.CC(C)(C)c1noc(C(=O)NCc2ccc(-c3ccnc4nc(-c5ccccc5N)[nH]c34)cc2Cl)n1. The summed E-state index contributed by atoms with van der Waals surface area (Å²) in [7, 11) is 0. The van der Waals surface area contributed by atoms with Crippen LogP contribution in [0.4, 0.5) is 5.69 Å². The van der Waals surface area contributed by atoms with Gasteiger partial charge in [0.1, 0.15) is 5.82 Å². The van der Waals surface area contributed by atoms with Crippen molar-refractivity contribution >= 4 is 34.4 Å². The molecule has 5 rings (SSSR count). The first-order chi connectivity index (χ1) is 19.2. The smallest absolute Gasteiger partial charge is 0.315 e. The molecule has 3 aromatic heterocycles. The minimum absolute atomic E-state index is 0.0825. The van der Waals surface area contributed by atoms with Gasteiger partial charge in [-0.05, 0) is 35.4 Å². The molecule has 3 heterocycles. The molecular formula is C30H36ClN7O2. The Labute approximate surface area is 239 Å². The van der Waals surface area contributed by atoms with E-state index in [-0.39, 0.29) is 17.9 Å². The number of benzene rings is 2. The van der Waals surface area contributed by atoms with Crippen molar-refractivity contribution in [1.29, 1.82) is 0 Å². The highest BCUT2D eigenvalue weighted by Crippen LogP contribution is 2.32. The fourth-order valence-corrected chi connectivity index (χ4v) is 3.97. The summed E-state index contributed by atoms with van der Waals surface area (Å²) in [6.07, 6.45) is 1.70. The van der Waals surface area contributed by atoms with Crippen LogP contribution in [-0.4, -0.2) is 31.0 Å². The monoisotopic (exact) mass is 561 g/mol. The maximum Gasteiger partial charge on any atom is 0.315 e. The topological polar surface area (TPSA) is 136 Å². The molecule has 9 nitrogen and oxygen atoms in total. The molecule has 0 aliphatic rings. The van der Waals surface area contributed by atoms with E-state index < -0.39 is 5.91 Å². The number of anilines is 1. The number of pyridine rings is 1. The minimum atomic E-state index is -0.459. The molecule has 10 heteroatoms. The summed E-state index contributed by atoms with van der Waals surface area (Å²) in [5.41, 5.74) is 11.1. The number of para-hydroxylation sites is 1. The van der Waals surface area contributed by atoms with Crippen LogP contribution in [-0.2, 0) is 12.0 Å². The first kappa shape index (κ1) is 30.3. The van der Waals surface area contributed by atoms with Crippen molar-refractivity contribution < 1.29 is 9.32 Å². The Morgan fingerprint density at radius 3 is 2.40 bits per heavy atom. The van der Waals surface area contributed by atoms with Gasteiger partial charge in [0.05, 0.1) is 5.52 Å². The molecule has 0 bridgehead atoms. The average Bonchev–Trinajstić information content (AvgIpc) is 3.63. The number of nitrogens with zero attached hydrogens (tertiary/aromatic N) is 4. The van der Waals surface area contributed by atoms with Crippen LogP contribution in [0.5, 0.6) is 0 Å². The molecule has 40 heavy (non-hydrogen) atoms. The number of hydrogen-bond donors (Lipinski definition) is 3. The van der Waals surface area contributed by atoms with E-state index in [1.807, 2.05) is 97.0 Å². The quantitative estimate of drug-likeness (QED) is 0.193. The summed E-state index contributed by atoms with van der Waals surface area (Å²) in [4.78, 5) is 29.0. The summed E-state index contributed by atoms with van der Waals surface area (Å²) < 4.78 is 5.10. The van der Waals surface area contributed by atoms with Crippen molar-refractivity contribution in [2.75, 3.05) is 5.73 Å². The van der Waals surface area contributed by atoms with Crippen LogP contribution in [0, 0.1) is 0 Å². The lowest BCUT2D eigenvalue weighted by Gasteiger charge is -2.11. The molecule has 0 saturated carbocycles. The number of nitrogen functional groups attached to an aromatic ring is 1. The van der Waals surface area contributed by atoms with Gasteiger partial charge in [0.15, 0.2) is 11.5 Å². The van der Waals surface area contributed by atoms with E-state index in [2.05, 4.69) is 30.4 Å². The molecule has 0 aliphatic heterocycles. The Morgan fingerprint density at radius 2 is 1.75 bits per heavy atom. The van der Waals surface area contributed by atoms with Crippen LogP contribution < -0.4 is 11.1 Å². The highest BCUT2D eigenvalue weighted by Gasteiger charge is 2.24. The molecule has 0 unspecified atom stereocenters. The van der Waals surface area contributed by atoms with Gasteiger partial charge in [0.2, 0.25) is 0 Å². The number of aromatic amines is 1. The fourth-order valence-electron chi connectivity index (χ4n) is 3.72. The van der Waals surface area contributed by atoms with Gasteiger partial charge in [0, 0.05) is 40.0 Å². The van der Waals surface area contributed by atoms with Crippen molar-refractivity contribution in [2.24, 2.45) is 0 Å². The number of hydrogen-bond acceptors (Lipinski definition) is 7. The Morgan fingerprint density at radius 1 is 1.02 bits per heavy atom. The van der Waals surface area contributed by atoms with Crippen molar-refractivity contribution in [3.05, 3.63) is 77.0 Å². The second kappa shape index (κ2) is 13.2. The van der Waals surface area contributed by atoms with Gasteiger partial charge < -0.3 is 20.6 Å². The molecule has 0 atom stereocenters. The van der Waals surface area contributed by atoms with Crippen LogP contribution in [0.25, 0.3) is 33.7 Å². The van der Waals surface area contributed by atoms with Crippen LogP contribution in [0.15, 0.2) is 59.3 Å². The van der Waals surface area contributed by atoms with Gasteiger partial charge in [0.25, 0.3) is 0 Å². The van der Waals surface area contributed by atoms with Gasteiger partial charge in [-0.2, -0.15) is 4.98 Å². The van der Waals surface area contributed by atoms with Crippen LogP contribution in [0.1, 0.15) is 70.5 Å². The van der Waals surface area contributed by atoms with E-state index in [0.717, 1.165) is 27.8 Å². The molecule has 1 amide bonds.